The van der Waals surface area contributed by atoms with Crippen LogP contribution in [0.1, 0.15) is 60.9 Å². The van der Waals surface area contributed by atoms with E-state index >= 15 is 0 Å². The van der Waals surface area contributed by atoms with Crippen molar-refractivity contribution in [2.24, 2.45) is 0 Å². The summed E-state index contributed by atoms with van der Waals surface area (Å²) in [4.78, 5) is 2.30. The SMILES string of the molecule is Cc1cc2c(cc1/C=C(\C#N)c1ccc(C(F)(F)F)cc1)C(C)CC(C)(C)N2C. The summed E-state index contributed by atoms with van der Waals surface area (Å²) in [5, 5.41) is 9.61. The van der Waals surface area contributed by atoms with Crippen LogP contribution in [0.3, 0.4) is 0 Å². The Morgan fingerprint density at radius 2 is 1.83 bits per heavy atom. The van der Waals surface area contributed by atoms with Crippen LogP contribution in [0.2, 0.25) is 0 Å². The van der Waals surface area contributed by atoms with Crippen molar-refractivity contribution in [2.45, 2.75) is 51.7 Å². The number of aryl methyl sites for hydroxylation is 1. The van der Waals surface area contributed by atoms with Crippen LogP contribution < -0.4 is 4.90 Å². The Morgan fingerprint density at radius 1 is 1.21 bits per heavy atom. The maximum absolute atomic E-state index is 12.8. The topological polar surface area (TPSA) is 27.0 Å². The van der Waals surface area contributed by atoms with Crippen LogP contribution in [0.5, 0.6) is 0 Å². The molecule has 2 nitrogen and oxygen atoms in total. The number of halogens is 3. The average molecular weight is 398 g/mol. The van der Waals surface area contributed by atoms with Crippen molar-refractivity contribution in [3.05, 3.63) is 64.2 Å². The van der Waals surface area contributed by atoms with Crippen LogP contribution in [0.4, 0.5) is 18.9 Å². The summed E-state index contributed by atoms with van der Waals surface area (Å²) in [5.74, 6) is 0.376. The van der Waals surface area contributed by atoms with Crippen molar-refractivity contribution < 1.29 is 13.2 Å². The number of nitriles is 1. The highest BCUT2D eigenvalue weighted by Gasteiger charge is 2.34. The first-order valence-electron chi connectivity index (χ1n) is 9.62. The normalized spacial score (nSPS) is 18.9. The molecule has 1 unspecified atom stereocenters. The van der Waals surface area contributed by atoms with Gasteiger partial charge in [-0.3, -0.25) is 0 Å². The summed E-state index contributed by atoms with van der Waals surface area (Å²) in [6.07, 6.45) is -1.60. The quantitative estimate of drug-likeness (QED) is 0.411. The Balaban J connectivity index is 2.03. The molecule has 5 heteroatoms. The van der Waals surface area contributed by atoms with Crippen LogP contribution in [-0.4, -0.2) is 12.6 Å². The summed E-state index contributed by atoms with van der Waals surface area (Å²) >= 11 is 0. The Morgan fingerprint density at radius 3 is 2.38 bits per heavy atom. The molecule has 3 rings (SSSR count). The van der Waals surface area contributed by atoms with E-state index in [9.17, 15) is 18.4 Å². The molecule has 0 bridgehead atoms. The maximum Gasteiger partial charge on any atom is 0.416 e. The van der Waals surface area contributed by atoms with Crippen LogP contribution in [0.15, 0.2) is 36.4 Å². The highest BCUT2D eigenvalue weighted by molar-refractivity contribution is 5.90. The molecule has 1 aliphatic heterocycles. The van der Waals surface area contributed by atoms with E-state index in [0.717, 1.165) is 29.7 Å². The highest BCUT2D eigenvalue weighted by atomic mass is 19.4. The third-order valence-electron chi connectivity index (χ3n) is 5.96. The van der Waals surface area contributed by atoms with Gasteiger partial charge in [0.05, 0.1) is 17.2 Å². The van der Waals surface area contributed by atoms with Gasteiger partial charge in [-0.2, -0.15) is 18.4 Å². The van der Waals surface area contributed by atoms with Crippen molar-refractivity contribution in [3.63, 3.8) is 0 Å². The van der Waals surface area contributed by atoms with Crippen molar-refractivity contribution in [1.82, 2.24) is 0 Å². The lowest BCUT2D eigenvalue weighted by Crippen LogP contribution is -2.45. The molecule has 0 aromatic heterocycles. The first-order chi connectivity index (χ1) is 13.4. The number of benzene rings is 2. The van der Waals surface area contributed by atoms with E-state index in [1.54, 1.807) is 6.08 Å². The van der Waals surface area contributed by atoms with Crippen LogP contribution in [0.25, 0.3) is 11.6 Å². The summed E-state index contributed by atoms with van der Waals surface area (Å²) < 4.78 is 38.4. The molecular weight excluding hydrogens is 373 g/mol. The molecule has 0 saturated heterocycles. The minimum Gasteiger partial charge on any atom is -0.369 e. The zero-order chi connectivity index (χ0) is 21.6. The predicted molar refractivity (Wildman–Crippen MR) is 112 cm³/mol. The molecule has 0 aliphatic carbocycles. The second-order valence-corrected chi connectivity index (χ2v) is 8.49. The van der Waals surface area contributed by atoms with E-state index < -0.39 is 11.7 Å². The van der Waals surface area contributed by atoms with E-state index in [1.807, 2.05) is 6.92 Å². The standard InChI is InChI=1S/C24H25F3N2/c1-15-10-22-21(16(2)13-23(3,4)29(22)5)12-18(15)11-19(14-28)17-6-8-20(9-7-17)24(25,26)27/h6-12,16H,13H2,1-5H3/b19-11+. The number of fused-ring (bicyclic) bond motifs is 1. The zero-order valence-corrected chi connectivity index (χ0v) is 17.4. The number of alkyl halides is 3. The molecule has 0 N–H and O–H groups in total. The number of nitrogens with zero attached hydrogens (tertiary/aromatic N) is 2. The molecule has 0 radical (unpaired) electrons. The van der Waals surface area contributed by atoms with Crippen molar-refractivity contribution in [2.75, 3.05) is 11.9 Å². The number of hydrogen-bond acceptors (Lipinski definition) is 2. The minimum atomic E-state index is -4.39. The lowest BCUT2D eigenvalue weighted by Gasteiger charge is -2.45. The first-order valence-corrected chi connectivity index (χ1v) is 9.62. The molecule has 0 fully saturated rings. The number of allylic oxidation sites excluding steroid dienone is 1. The van der Waals surface area contributed by atoms with Gasteiger partial charge in [0.2, 0.25) is 0 Å². The van der Waals surface area contributed by atoms with E-state index in [2.05, 4.69) is 50.9 Å². The second kappa shape index (κ2) is 7.26. The molecule has 2 aromatic rings. The Kier molecular flexibility index (Phi) is 5.25. The zero-order valence-electron chi connectivity index (χ0n) is 17.4. The summed E-state index contributed by atoms with van der Waals surface area (Å²) in [5.41, 5.74) is 4.53. The van der Waals surface area contributed by atoms with Gasteiger partial charge < -0.3 is 4.90 Å². The Bertz CT molecular complexity index is 993. The largest absolute Gasteiger partial charge is 0.416 e. The van der Waals surface area contributed by atoms with Gasteiger partial charge in [0.15, 0.2) is 0 Å². The maximum atomic E-state index is 12.8. The molecule has 1 atom stereocenters. The summed E-state index contributed by atoms with van der Waals surface area (Å²) in [6, 6.07) is 11.1. The molecule has 2 aromatic carbocycles. The molecule has 152 valence electrons. The molecule has 0 spiro atoms. The molecule has 1 heterocycles. The van der Waals surface area contributed by atoms with Gasteiger partial charge in [-0.05, 0) is 85.7 Å². The number of rotatable bonds is 2. The first kappa shape index (κ1) is 21.0. The molecule has 29 heavy (non-hydrogen) atoms. The summed E-state index contributed by atoms with van der Waals surface area (Å²) in [7, 11) is 2.10. The lowest BCUT2D eigenvalue weighted by molar-refractivity contribution is -0.137. The number of anilines is 1. The van der Waals surface area contributed by atoms with Crippen molar-refractivity contribution in [3.8, 4) is 6.07 Å². The van der Waals surface area contributed by atoms with Gasteiger partial charge in [0, 0.05) is 18.3 Å². The van der Waals surface area contributed by atoms with E-state index in [1.165, 1.54) is 23.4 Å². The van der Waals surface area contributed by atoms with Crippen molar-refractivity contribution >= 4 is 17.3 Å². The van der Waals surface area contributed by atoms with E-state index in [4.69, 9.17) is 0 Å². The number of hydrogen-bond donors (Lipinski definition) is 0. The van der Waals surface area contributed by atoms with Crippen LogP contribution in [0, 0.1) is 18.3 Å². The smallest absolute Gasteiger partial charge is 0.369 e. The van der Waals surface area contributed by atoms with Crippen LogP contribution in [-0.2, 0) is 6.18 Å². The fourth-order valence-corrected chi connectivity index (χ4v) is 4.06. The third-order valence-corrected chi connectivity index (χ3v) is 5.96. The fraction of sp³-hybridized carbons (Fsp3) is 0.375. The van der Waals surface area contributed by atoms with Gasteiger partial charge in [0.25, 0.3) is 0 Å². The monoisotopic (exact) mass is 398 g/mol. The van der Waals surface area contributed by atoms with Gasteiger partial charge >= 0.3 is 6.18 Å². The summed E-state index contributed by atoms with van der Waals surface area (Å²) in [6.45, 7) is 8.66. The van der Waals surface area contributed by atoms with Crippen molar-refractivity contribution in [1.29, 1.82) is 5.26 Å². The van der Waals surface area contributed by atoms with Crippen LogP contribution >= 0.6 is 0 Å². The van der Waals surface area contributed by atoms with Gasteiger partial charge in [0.1, 0.15) is 0 Å². The second-order valence-electron chi connectivity index (χ2n) is 8.49. The molecular formula is C24H25F3N2. The molecule has 0 saturated carbocycles. The fourth-order valence-electron chi connectivity index (χ4n) is 4.06. The van der Waals surface area contributed by atoms with Gasteiger partial charge in [-0.25, -0.2) is 0 Å². The average Bonchev–Trinajstić information content (AvgIpc) is 2.64. The van der Waals surface area contributed by atoms with E-state index in [-0.39, 0.29) is 5.54 Å². The highest BCUT2D eigenvalue weighted by Crippen LogP contribution is 2.43. The van der Waals surface area contributed by atoms with E-state index in [0.29, 0.717) is 17.1 Å². The Labute approximate surface area is 170 Å². The lowest BCUT2D eigenvalue weighted by atomic mass is 9.79. The molecule has 1 aliphatic rings. The predicted octanol–water partition coefficient (Wildman–Crippen LogP) is 6.80. The third kappa shape index (κ3) is 4.03. The van der Waals surface area contributed by atoms with Gasteiger partial charge in [-0.1, -0.05) is 19.1 Å². The minimum absolute atomic E-state index is 0.0637. The molecule has 0 amide bonds. The Hall–Kier alpha value is -2.74. The van der Waals surface area contributed by atoms with Gasteiger partial charge in [-0.15, -0.1) is 0 Å².